The van der Waals surface area contributed by atoms with Crippen molar-refractivity contribution in [2.75, 3.05) is 13.2 Å². The maximum atomic E-state index is 13.7. The summed E-state index contributed by atoms with van der Waals surface area (Å²) < 4.78 is 19.2. The van der Waals surface area contributed by atoms with Gasteiger partial charge in [0.2, 0.25) is 0 Å². The molecule has 0 fully saturated rings. The number of carbonyl (C=O) groups excluding carboxylic acids is 1. The zero-order valence-electron chi connectivity index (χ0n) is 18.4. The predicted octanol–water partition coefficient (Wildman–Crippen LogP) is 4.21. The second-order valence-electron chi connectivity index (χ2n) is 8.24. The van der Waals surface area contributed by atoms with Crippen LogP contribution in [0.15, 0.2) is 66.7 Å². The summed E-state index contributed by atoms with van der Waals surface area (Å²) in [5.41, 5.74) is 4.98. The molecule has 7 heteroatoms. The number of ether oxygens (including phenoxy) is 1. The molecule has 6 nitrogen and oxygen atoms in total. The van der Waals surface area contributed by atoms with Gasteiger partial charge in [0.05, 0.1) is 18.6 Å². The van der Waals surface area contributed by atoms with Gasteiger partial charge >= 0.3 is 6.09 Å². The van der Waals surface area contributed by atoms with Crippen molar-refractivity contribution < 1.29 is 24.1 Å². The van der Waals surface area contributed by atoms with Gasteiger partial charge < -0.3 is 20.3 Å². The minimum Gasteiger partial charge on any atom is -0.449 e. The Morgan fingerprint density at radius 2 is 1.71 bits per heavy atom. The molecule has 3 aromatic rings. The van der Waals surface area contributed by atoms with Crippen molar-refractivity contribution in [1.29, 1.82) is 5.26 Å². The van der Waals surface area contributed by atoms with E-state index in [4.69, 9.17) is 10.00 Å². The molecule has 1 aliphatic rings. The van der Waals surface area contributed by atoms with Gasteiger partial charge in [-0.25, -0.2) is 9.18 Å². The highest BCUT2D eigenvalue weighted by Crippen LogP contribution is 2.44. The number of aliphatic hydroxyl groups is 2. The van der Waals surface area contributed by atoms with Gasteiger partial charge in [-0.2, -0.15) is 5.26 Å². The lowest BCUT2D eigenvalue weighted by Crippen LogP contribution is -2.30. The molecular weight excluding hydrogens is 435 g/mol. The van der Waals surface area contributed by atoms with Crippen molar-refractivity contribution in [2.45, 2.75) is 31.0 Å². The molecule has 0 spiro atoms. The molecular formula is C27H25FN2O4. The highest BCUT2D eigenvalue weighted by Gasteiger charge is 2.29. The Morgan fingerprint density at radius 3 is 2.35 bits per heavy atom. The van der Waals surface area contributed by atoms with Crippen molar-refractivity contribution in [3.8, 4) is 17.2 Å². The zero-order valence-corrected chi connectivity index (χ0v) is 18.4. The molecule has 0 aliphatic heterocycles. The Kier molecular flexibility index (Phi) is 7.21. The van der Waals surface area contributed by atoms with Gasteiger partial charge in [-0.05, 0) is 46.4 Å². The molecule has 1 amide bonds. The quantitative estimate of drug-likeness (QED) is 0.467. The number of rotatable bonds is 8. The van der Waals surface area contributed by atoms with Gasteiger partial charge in [0.15, 0.2) is 0 Å². The van der Waals surface area contributed by atoms with Gasteiger partial charge in [-0.3, -0.25) is 0 Å². The molecule has 0 bridgehead atoms. The maximum absolute atomic E-state index is 13.7. The number of benzene rings is 3. The number of carbonyl (C=O) groups is 1. The number of alkyl carbamates (subject to hydrolysis) is 1. The molecule has 0 saturated heterocycles. The summed E-state index contributed by atoms with van der Waals surface area (Å²) in [4.78, 5) is 12.2. The summed E-state index contributed by atoms with van der Waals surface area (Å²) in [7, 11) is 0. The minimum atomic E-state index is -1.28. The van der Waals surface area contributed by atoms with E-state index in [0.29, 0.717) is 5.56 Å². The molecule has 174 valence electrons. The van der Waals surface area contributed by atoms with E-state index in [2.05, 4.69) is 17.4 Å². The average molecular weight is 461 g/mol. The Hall–Kier alpha value is -3.73. The van der Waals surface area contributed by atoms with Crippen LogP contribution in [0.1, 0.15) is 40.7 Å². The fraction of sp³-hybridized carbons (Fsp3) is 0.259. The topological polar surface area (TPSA) is 103 Å². The molecule has 0 saturated carbocycles. The highest BCUT2D eigenvalue weighted by atomic mass is 19.1. The normalized spacial score (nSPS) is 13.9. The van der Waals surface area contributed by atoms with E-state index in [1.807, 2.05) is 42.5 Å². The molecule has 4 rings (SSSR count). The van der Waals surface area contributed by atoms with Gasteiger partial charge in [-0.15, -0.1) is 0 Å². The lowest BCUT2D eigenvalue weighted by Gasteiger charge is -2.19. The first-order chi connectivity index (χ1) is 16.5. The monoisotopic (exact) mass is 460 g/mol. The van der Waals surface area contributed by atoms with Crippen LogP contribution in [0.4, 0.5) is 9.18 Å². The van der Waals surface area contributed by atoms with Gasteiger partial charge in [0, 0.05) is 18.0 Å². The first kappa shape index (κ1) is 23.4. The third-order valence-corrected chi connectivity index (χ3v) is 6.10. The van der Waals surface area contributed by atoms with Gasteiger partial charge in [0.25, 0.3) is 0 Å². The number of nitrogens with zero attached hydrogens (tertiary/aromatic N) is 1. The van der Waals surface area contributed by atoms with Crippen LogP contribution in [0.3, 0.4) is 0 Å². The van der Waals surface area contributed by atoms with E-state index in [1.54, 1.807) is 0 Å². The minimum absolute atomic E-state index is 0.0494. The molecule has 2 atom stereocenters. The smallest absolute Gasteiger partial charge is 0.407 e. The van der Waals surface area contributed by atoms with Crippen LogP contribution in [0.2, 0.25) is 0 Å². The predicted molar refractivity (Wildman–Crippen MR) is 124 cm³/mol. The zero-order chi connectivity index (χ0) is 24.1. The van der Waals surface area contributed by atoms with E-state index < -0.39 is 24.1 Å². The first-order valence-electron chi connectivity index (χ1n) is 11.1. The van der Waals surface area contributed by atoms with Crippen molar-refractivity contribution >= 4 is 6.09 Å². The Morgan fingerprint density at radius 1 is 1.06 bits per heavy atom. The summed E-state index contributed by atoms with van der Waals surface area (Å²) in [6, 6.07) is 21.9. The van der Waals surface area contributed by atoms with E-state index in [0.717, 1.165) is 28.3 Å². The fourth-order valence-electron chi connectivity index (χ4n) is 4.35. The summed E-state index contributed by atoms with van der Waals surface area (Å²) in [5.74, 6) is -0.587. The van der Waals surface area contributed by atoms with Crippen LogP contribution < -0.4 is 5.32 Å². The van der Waals surface area contributed by atoms with Crippen LogP contribution in [0.5, 0.6) is 0 Å². The highest BCUT2D eigenvalue weighted by molar-refractivity contribution is 5.79. The maximum Gasteiger partial charge on any atom is 0.407 e. The molecule has 0 aromatic heterocycles. The molecule has 34 heavy (non-hydrogen) atoms. The molecule has 2 unspecified atom stereocenters. The van der Waals surface area contributed by atoms with Crippen LogP contribution in [-0.4, -0.2) is 35.6 Å². The van der Waals surface area contributed by atoms with E-state index in [9.17, 15) is 19.4 Å². The average Bonchev–Trinajstić information content (AvgIpc) is 3.17. The lowest BCUT2D eigenvalue weighted by atomic mass is 9.98. The standard InChI is InChI=1S/C27H25FN2O4/c28-24-10-9-18(15-17(24)11-13-29)26(32)25(31)12-14-30-27(33)34-16-23-21-7-3-1-5-19(21)20-6-2-4-8-22(20)23/h1-10,15,23,25-26,31-32H,11-12,14,16H2,(H,30,33). The second-order valence-corrected chi connectivity index (χ2v) is 8.24. The lowest BCUT2D eigenvalue weighted by molar-refractivity contribution is 0.0136. The third kappa shape index (κ3) is 4.93. The summed E-state index contributed by atoms with van der Waals surface area (Å²) in [6.45, 7) is 0.267. The number of nitrogens with one attached hydrogen (secondary N) is 1. The van der Waals surface area contributed by atoms with Gasteiger partial charge in [-0.1, -0.05) is 54.6 Å². The van der Waals surface area contributed by atoms with Crippen LogP contribution >= 0.6 is 0 Å². The molecule has 3 aromatic carbocycles. The number of fused-ring (bicyclic) bond motifs is 3. The van der Waals surface area contributed by atoms with Crippen molar-refractivity contribution in [3.05, 3.63) is 94.8 Å². The van der Waals surface area contributed by atoms with Crippen molar-refractivity contribution in [1.82, 2.24) is 5.32 Å². The number of halogens is 1. The number of nitriles is 1. The van der Waals surface area contributed by atoms with Gasteiger partial charge in [0.1, 0.15) is 18.5 Å². The molecule has 0 radical (unpaired) electrons. The molecule has 3 N–H and O–H groups in total. The van der Waals surface area contributed by atoms with E-state index >= 15 is 0 Å². The van der Waals surface area contributed by atoms with Crippen LogP contribution in [-0.2, 0) is 11.2 Å². The Labute approximate surface area is 197 Å². The second kappa shape index (κ2) is 10.5. The molecule has 0 heterocycles. The Balaban J connectivity index is 1.28. The summed E-state index contributed by atoms with van der Waals surface area (Å²) in [5, 5.41) is 32.0. The number of hydrogen-bond donors (Lipinski definition) is 3. The summed E-state index contributed by atoms with van der Waals surface area (Å²) >= 11 is 0. The Bertz CT molecular complexity index is 1180. The number of amides is 1. The van der Waals surface area contributed by atoms with Crippen molar-refractivity contribution in [2.24, 2.45) is 0 Å². The van der Waals surface area contributed by atoms with Crippen LogP contribution in [0, 0.1) is 17.1 Å². The first-order valence-corrected chi connectivity index (χ1v) is 11.1. The summed E-state index contributed by atoms with van der Waals surface area (Å²) in [6.07, 6.45) is -3.14. The largest absolute Gasteiger partial charge is 0.449 e. The molecule has 1 aliphatic carbocycles. The van der Waals surface area contributed by atoms with Crippen LogP contribution in [0.25, 0.3) is 11.1 Å². The number of aliphatic hydroxyl groups excluding tert-OH is 2. The van der Waals surface area contributed by atoms with Crippen molar-refractivity contribution in [3.63, 3.8) is 0 Å². The number of hydrogen-bond acceptors (Lipinski definition) is 5. The SMILES string of the molecule is N#CCc1cc(C(O)C(O)CCNC(=O)OCC2c3ccccc3-c3ccccc32)ccc1F. The van der Waals surface area contributed by atoms with E-state index in [1.165, 1.54) is 12.1 Å². The fourth-order valence-corrected chi connectivity index (χ4v) is 4.35. The van der Waals surface area contributed by atoms with E-state index in [-0.39, 0.29) is 37.5 Å². The third-order valence-electron chi connectivity index (χ3n) is 6.10.